The van der Waals surface area contributed by atoms with Gasteiger partial charge in [-0.15, -0.1) is 0 Å². The van der Waals surface area contributed by atoms with E-state index in [1.165, 1.54) is 29.2 Å². The predicted molar refractivity (Wildman–Crippen MR) is 143 cm³/mol. The number of aliphatic hydroxyl groups is 1. The Morgan fingerprint density at radius 2 is 1.84 bits per heavy atom. The van der Waals surface area contributed by atoms with Gasteiger partial charge in [0.25, 0.3) is 5.91 Å². The molecule has 2 aromatic rings. The van der Waals surface area contributed by atoms with Gasteiger partial charge in [-0.1, -0.05) is 13.0 Å². The first-order valence-electron chi connectivity index (χ1n) is 12.6. The largest absolute Gasteiger partial charge is 0.485 e. The Kier molecular flexibility index (Phi) is 9.51. The van der Waals surface area contributed by atoms with Crippen molar-refractivity contribution >= 4 is 29.3 Å². The van der Waals surface area contributed by atoms with Crippen molar-refractivity contribution in [1.82, 2.24) is 15.1 Å². The summed E-state index contributed by atoms with van der Waals surface area (Å²) < 4.78 is 19.6. The number of ether oxygens (including phenoxy) is 1. The van der Waals surface area contributed by atoms with Crippen LogP contribution in [-0.2, 0) is 0 Å². The van der Waals surface area contributed by atoms with Crippen LogP contribution in [0.1, 0.15) is 38.1 Å². The van der Waals surface area contributed by atoms with Gasteiger partial charge in [-0.2, -0.15) is 0 Å². The van der Waals surface area contributed by atoms with E-state index in [0.29, 0.717) is 11.4 Å². The molecule has 3 rings (SSSR count). The zero-order valence-electron chi connectivity index (χ0n) is 22.3. The summed E-state index contributed by atoms with van der Waals surface area (Å²) in [6, 6.07) is 8.89. The molecule has 0 radical (unpaired) electrons. The maximum Gasteiger partial charge on any atom is 0.321 e. The smallest absolute Gasteiger partial charge is 0.321 e. The molecule has 0 fully saturated rings. The summed E-state index contributed by atoms with van der Waals surface area (Å²) in [5, 5.41) is 18.1. The topological polar surface area (TPSA) is 123 Å². The zero-order chi connectivity index (χ0) is 28.0. The van der Waals surface area contributed by atoms with Crippen molar-refractivity contribution in [3.05, 3.63) is 53.8 Å². The molecule has 1 aliphatic heterocycles. The molecule has 0 saturated heterocycles. The minimum Gasteiger partial charge on any atom is -0.485 e. The molecule has 0 bridgehead atoms. The van der Waals surface area contributed by atoms with E-state index in [2.05, 4.69) is 16.0 Å². The molecule has 1 heterocycles. The van der Waals surface area contributed by atoms with Crippen LogP contribution in [0.25, 0.3) is 0 Å². The number of rotatable bonds is 7. The average Bonchev–Trinajstić information content (AvgIpc) is 2.86. The maximum atomic E-state index is 13.5. The average molecular weight is 530 g/mol. The molecule has 3 atom stereocenters. The van der Waals surface area contributed by atoms with Crippen LogP contribution in [0.15, 0.2) is 42.5 Å². The van der Waals surface area contributed by atoms with Crippen molar-refractivity contribution in [2.24, 2.45) is 5.92 Å². The highest BCUT2D eigenvalue weighted by atomic mass is 19.1. The molecule has 0 unspecified atom stereocenters. The number of urea groups is 2. The van der Waals surface area contributed by atoms with Crippen LogP contribution in [0.3, 0.4) is 0 Å². The molecule has 38 heavy (non-hydrogen) atoms. The van der Waals surface area contributed by atoms with Gasteiger partial charge in [-0.25, -0.2) is 14.0 Å². The molecule has 2 aromatic carbocycles. The number of para-hydroxylation sites is 1. The Hall–Kier alpha value is -3.86. The summed E-state index contributed by atoms with van der Waals surface area (Å²) in [7, 11) is 1.61. The number of likely N-dealkylation sites (N-methyl/N-ethyl adjacent to an activating group) is 1. The second-order valence-corrected chi connectivity index (χ2v) is 9.88. The molecule has 10 nitrogen and oxygen atoms in total. The molecule has 5 amide bonds. The first-order valence-corrected chi connectivity index (χ1v) is 12.6. The summed E-state index contributed by atoms with van der Waals surface area (Å²) in [4.78, 5) is 41.9. The number of nitrogens with one attached hydrogen (secondary N) is 3. The van der Waals surface area contributed by atoms with E-state index in [1.807, 2.05) is 20.8 Å². The number of nitrogens with zero attached hydrogens (tertiary/aromatic N) is 2. The Morgan fingerprint density at radius 1 is 1.16 bits per heavy atom. The summed E-state index contributed by atoms with van der Waals surface area (Å²) in [5.41, 5.74) is 0.988. The van der Waals surface area contributed by atoms with E-state index in [9.17, 15) is 23.9 Å². The normalized spacial score (nSPS) is 18.0. The number of carbonyl (C=O) groups is 3. The highest BCUT2D eigenvalue weighted by Gasteiger charge is 2.35. The van der Waals surface area contributed by atoms with Crippen LogP contribution in [0.2, 0.25) is 0 Å². The number of fused-ring (bicyclic) bond motifs is 1. The molecule has 206 valence electrons. The lowest BCUT2D eigenvalue weighted by atomic mass is 9.99. The number of carbonyl (C=O) groups excluding carboxylic acids is 3. The van der Waals surface area contributed by atoms with Gasteiger partial charge in [0.15, 0.2) is 5.75 Å². The fraction of sp³-hybridized carbons (Fsp3) is 0.444. The summed E-state index contributed by atoms with van der Waals surface area (Å²) >= 11 is 0. The minimum absolute atomic E-state index is 0.106. The van der Waals surface area contributed by atoms with E-state index >= 15 is 0 Å². The van der Waals surface area contributed by atoms with Crippen LogP contribution in [0.5, 0.6) is 5.75 Å². The molecule has 1 aliphatic rings. The van der Waals surface area contributed by atoms with Crippen LogP contribution in [-0.4, -0.2) is 77.8 Å². The molecule has 0 aliphatic carbocycles. The molecule has 4 N–H and O–H groups in total. The third-order valence-corrected chi connectivity index (χ3v) is 6.26. The van der Waals surface area contributed by atoms with Crippen molar-refractivity contribution in [3.63, 3.8) is 0 Å². The third-order valence-electron chi connectivity index (χ3n) is 6.26. The van der Waals surface area contributed by atoms with Gasteiger partial charge in [-0.3, -0.25) is 4.79 Å². The van der Waals surface area contributed by atoms with E-state index in [0.717, 1.165) is 0 Å². The highest BCUT2D eigenvalue weighted by molar-refractivity contribution is 6.01. The van der Waals surface area contributed by atoms with Crippen LogP contribution < -0.4 is 20.7 Å². The van der Waals surface area contributed by atoms with Gasteiger partial charge in [0, 0.05) is 31.2 Å². The first kappa shape index (κ1) is 28.7. The lowest BCUT2D eigenvalue weighted by molar-refractivity contribution is 0.0373. The van der Waals surface area contributed by atoms with Crippen molar-refractivity contribution in [2.45, 2.75) is 45.9 Å². The van der Waals surface area contributed by atoms with Crippen molar-refractivity contribution in [3.8, 4) is 5.75 Å². The van der Waals surface area contributed by atoms with Crippen LogP contribution in [0.4, 0.5) is 25.4 Å². The first-order chi connectivity index (χ1) is 18.0. The quantitative estimate of drug-likeness (QED) is 0.435. The summed E-state index contributed by atoms with van der Waals surface area (Å²) in [5.74, 6) is -0.799. The summed E-state index contributed by atoms with van der Waals surface area (Å²) in [6.07, 6.45) is -0.574. The van der Waals surface area contributed by atoms with Gasteiger partial charge in [0.2, 0.25) is 0 Å². The van der Waals surface area contributed by atoms with Gasteiger partial charge < -0.3 is 35.6 Å². The summed E-state index contributed by atoms with van der Waals surface area (Å²) in [6.45, 7) is 7.50. The third kappa shape index (κ3) is 7.12. The highest BCUT2D eigenvalue weighted by Crippen LogP contribution is 2.35. The van der Waals surface area contributed by atoms with Crippen LogP contribution in [0, 0.1) is 11.7 Å². The van der Waals surface area contributed by atoms with E-state index < -0.39 is 30.0 Å². The van der Waals surface area contributed by atoms with Crippen LogP contribution >= 0.6 is 0 Å². The van der Waals surface area contributed by atoms with Gasteiger partial charge in [-0.05, 0) is 57.2 Å². The van der Waals surface area contributed by atoms with E-state index in [4.69, 9.17) is 4.74 Å². The Labute approximate surface area is 222 Å². The molecule has 0 aromatic heterocycles. The number of aliphatic hydroxyl groups excluding tert-OH is 1. The Bertz CT molecular complexity index is 1140. The number of amides is 5. The number of anilines is 2. The van der Waals surface area contributed by atoms with Gasteiger partial charge in [0.05, 0.1) is 30.4 Å². The van der Waals surface area contributed by atoms with Gasteiger partial charge >= 0.3 is 12.1 Å². The van der Waals surface area contributed by atoms with Crippen molar-refractivity contribution in [1.29, 1.82) is 0 Å². The molecule has 0 saturated carbocycles. The number of hydrogen-bond acceptors (Lipinski definition) is 5. The van der Waals surface area contributed by atoms with Gasteiger partial charge in [0.1, 0.15) is 11.9 Å². The van der Waals surface area contributed by atoms with E-state index in [-0.39, 0.29) is 48.9 Å². The molecular weight excluding hydrogens is 493 g/mol. The van der Waals surface area contributed by atoms with E-state index in [1.54, 1.807) is 37.1 Å². The lowest BCUT2D eigenvalue weighted by Gasteiger charge is -2.38. The standard InChI is InChI=1S/C27H36FN5O5/c1-16(2)29-26(36)31-22-8-6-7-21-24(22)38-23(17(3)13-33(25(21)35)18(4)15-34)14-32(5)27(37)30-20-11-9-19(28)10-12-20/h6-12,16-18,23,34H,13-15H2,1-5H3,(H,30,37)(H2,29,31,36)/t17-,18+,23-/m0/s1. The van der Waals surface area contributed by atoms with Crippen molar-refractivity contribution in [2.75, 3.05) is 37.4 Å². The lowest BCUT2D eigenvalue weighted by Crippen LogP contribution is -2.50. The van der Waals surface area contributed by atoms with Crippen molar-refractivity contribution < 1.29 is 28.6 Å². The molecular formula is C27H36FN5O5. The number of hydrogen-bond donors (Lipinski definition) is 4. The minimum atomic E-state index is -0.574. The zero-order valence-corrected chi connectivity index (χ0v) is 22.3. The molecule has 0 spiro atoms. The second kappa shape index (κ2) is 12.6. The monoisotopic (exact) mass is 529 g/mol. The molecule has 11 heteroatoms. The fourth-order valence-electron chi connectivity index (χ4n) is 4.09. The SMILES string of the molecule is CC(C)NC(=O)Nc1cccc2c1O[C@@H](CN(C)C(=O)Nc1ccc(F)cc1)[C@@H](C)CN([C@H](C)CO)C2=O. The number of benzene rings is 2. The Morgan fingerprint density at radius 3 is 2.47 bits per heavy atom. The Balaban J connectivity index is 1.92. The fourth-order valence-corrected chi connectivity index (χ4v) is 4.09. The maximum absolute atomic E-state index is 13.5. The second-order valence-electron chi connectivity index (χ2n) is 9.88. The number of halogens is 1. The predicted octanol–water partition coefficient (Wildman–Crippen LogP) is 3.74.